The van der Waals surface area contributed by atoms with Crippen molar-refractivity contribution in [1.82, 2.24) is 5.32 Å². The van der Waals surface area contributed by atoms with Crippen LogP contribution in [0.1, 0.15) is 25.3 Å². The maximum absolute atomic E-state index is 9.41. The van der Waals surface area contributed by atoms with Crippen LogP contribution in [-0.4, -0.2) is 7.11 Å². The summed E-state index contributed by atoms with van der Waals surface area (Å²) in [5.41, 5.74) is 3.60. The fourth-order valence-corrected chi connectivity index (χ4v) is 2.44. The Morgan fingerprint density at radius 2 is 1.70 bits per heavy atom. The number of nitriles is 2. The van der Waals surface area contributed by atoms with Gasteiger partial charge in [0.25, 0.3) is 0 Å². The van der Waals surface area contributed by atoms with Gasteiger partial charge >= 0.3 is 0 Å². The minimum absolute atomic E-state index is 0.332. The molecule has 0 unspecified atom stereocenters. The molecule has 2 rings (SSSR count). The van der Waals surface area contributed by atoms with E-state index in [4.69, 9.17) is 4.74 Å². The van der Waals surface area contributed by atoms with E-state index in [1.807, 2.05) is 38.1 Å². The van der Waals surface area contributed by atoms with Gasteiger partial charge < -0.3 is 10.1 Å². The molecule has 1 aromatic rings. The Morgan fingerprint density at radius 1 is 1.10 bits per heavy atom. The van der Waals surface area contributed by atoms with Crippen molar-refractivity contribution in [3.05, 3.63) is 52.4 Å². The lowest BCUT2D eigenvalue weighted by molar-refractivity contribution is 0.414. The largest absolute Gasteiger partial charge is 0.497 e. The van der Waals surface area contributed by atoms with Crippen molar-refractivity contribution >= 4 is 0 Å². The van der Waals surface area contributed by atoms with Gasteiger partial charge in [0, 0.05) is 11.4 Å². The lowest BCUT2D eigenvalue weighted by atomic mass is 9.81. The normalized spacial score (nSPS) is 15.4. The summed E-state index contributed by atoms with van der Waals surface area (Å²) in [6.45, 7) is 3.70. The summed E-state index contributed by atoms with van der Waals surface area (Å²) in [7, 11) is 1.60. The van der Waals surface area contributed by atoms with E-state index in [1.54, 1.807) is 7.11 Å². The van der Waals surface area contributed by atoms with Crippen LogP contribution in [0.25, 0.3) is 0 Å². The number of hydrogen-bond acceptors (Lipinski definition) is 4. The molecule has 1 aliphatic rings. The third-order valence-corrected chi connectivity index (χ3v) is 3.43. The Balaban J connectivity index is 2.62. The third kappa shape index (κ3) is 2.24. The van der Waals surface area contributed by atoms with Gasteiger partial charge in [-0.1, -0.05) is 12.1 Å². The number of nitrogens with one attached hydrogen (secondary N) is 1. The molecule has 20 heavy (non-hydrogen) atoms. The van der Waals surface area contributed by atoms with Gasteiger partial charge in [-0.2, -0.15) is 10.5 Å². The second kappa shape index (κ2) is 5.50. The minimum Gasteiger partial charge on any atom is -0.497 e. The quantitative estimate of drug-likeness (QED) is 0.892. The molecule has 0 saturated carbocycles. The van der Waals surface area contributed by atoms with Crippen LogP contribution in [0.2, 0.25) is 0 Å². The monoisotopic (exact) mass is 265 g/mol. The predicted molar refractivity (Wildman–Crippen MR) is 75.5 cm³/mol. The van der Waals surface area contributed by atoms with Crippen molar-refractivity contribution in [2.24, 2.45) is 0 Å². The SMILES string of the molecule is COc1cccc(C2C(C#N)=C(C)NC(C)=C2C#N)c1. The first-order chi connectivity index (χ1) is 9.62. The summed E-state index contributed by atoms with van der Waals surface area (Å²) in [6, 6.07) is 11.9. The van der Waals surface area contributed by atoms with Crippen molar-refractivity contribution in [3.8, 4) is 17.9 Å². The van der Waals surface area contributed by atoms with Crippen molar-refractivity contribution < 1.29 is 4.74 Å². The van der Waals surface area contributed by atoms with Crippen LogP contribution in [-0.2, 0) is 0 Å². The van der Waals surface area contributed by atoms with Gasteiger partial charge in [0.15, 0.2) is 0 Å². The molecule has 100 valence electrons. The predicted octanol–water partition coefficient (Wildman–Crippen LogP) is 2.98. The van der Waals surface area contributed by atoms with E-state index < -0.39 is 0 Å². The summed E-state index contributed by atoms with van der Waals surface area (Å²) in [5.74, 6) is 0.382. The highest BCUT2D eigenvalue weighted by atomic mass is 16.5. The second-order valence-electron chi connectivity index (χ2n) is 4.64. The molecule has 1 heterocycles. The van der Waals surface area contributed by atoms with E-state index in [1.165, 1.54) is 0 Å². The third-order valence-electron chi connectivity index (χ3n) is 3.43. The van der Waals surface area contributed by atoms with Crippen LogP contribution in [0.4, 0.5) is 0 Å². The van der Waals surface area contributed by atoms with E-state index in [0.29, 0.717) is 16.9 Å². The van der Waals surface area contributed by atoms with Crippen molar-refractivity contribution in [2.75, 3.05) is 7.11 Å². The van der Waals surface area contributed by atoms with Crippen LogP contribution in [0, 0.1) is 22.7 Å². The van der Waals surface area contributed by atoms with Crippen molar-refractivity contribution in [1.29, 1.82) is 10.5 Å². The first-order valence-corrected chi connectivity index (χ1v) is 6.25. The highest BCUT2D eigenvalue weighted by Gasteiger charge is 2.29. The lowest BCUT2D eigenvalue weighted by Gasteiger charge is -2.26. The molecule has 0 aromatic heterocycles. The number of rotatable bonds is 2. The molecule has 0 saturated heterocycles. The topological polar surface area (TPSA) is 68.8 Å². The van der Waals surface area contributed by atoms with E-state index in [9.17, 15) is 10.5 Å². The van der Waals surface area contributed by atoms with Crippen LogP contribution >= 0.6 is 0 Å². The zero-order valence-corrected chi connectivity index (χ0v) is 11.7. The zero-order valence-electron chi connectivity index (χ0n) is 11.7. The first kappa shape index (κ1) is 13.7. The molecule has 0 amide bonds. The first-order valence-electron chi connectivity index (χ1n) is 6.25. The standard InChI is InChI=1S/C16H15N3O/c1-10-14(8-17)16(15(9-18)11(2)19-10)12-5-4-6-13(7-12)20-3/h4-7,16,19H,1-3H3. The Morgan fingerprint density at radius 3 is 2.20 bits per heavy atom. The molecule has 0 atom stereocenters. The molecule has 0 radical (unpaired) electrons. The molecular weight excluding hydrogens is 250 g/mol. The van der Waals surface area contributed by atoms with Gasteiger partial charge in [-0.05, 0) is 31.5 Å². The summed E-state index contributed by atoms with van der Waals surface area (Å²) in [6.07, 6.45) is 0. The van der Waals surface area contributed by atoms with Gasteiger partial charge in [0.2, 0.25) is 0 Å². The Kier molecular flexibility index (Phi) is 3.77. The number of benzene rings is 1. The Labute approximate surface area is 118 Å². The van der Waals surface area contributed by atoms with Crippen LogP contribution < -0.4 is 10.1 Å². The number of hydrogen-bond donors (Lipinski definition) is 1. The average molecular weight is 265 g/mol. The number of dihydropyridines is 1. The number of nitrogens with zero attached hydrogens (tertiary/aromatic N) is 2. The maximum atomic E-state index is 9.41. The summed E-state index contributed by atoms with van der Waals surface area (Å²) >= 11 is 0. The molecule has 0 bridgehead atoms. The Bertz CT molecular complexity index is 650. The van der Waals surface area contributed by atoms with Crippen molar-refractivity contribution in [3.63, 3.8) is 0 Å². The number of methoxy groups -OCH3 is 1. The molecule has 4 nitrogen and oxygen atoms in total. The maximum Gasteiger partial charge on any atom is 0.119 e. The second-order valence-corrected chi connectivity index (χ2v) is 4.64. The molecule has 0 spiro atoms. The Hall–Kier alpha value is -2.72. The highest BCUT2D eigenvalue weighted by Crippen LogP contribution is 2.38. The van der Waals surface area contributed by atoms with Gasteiger partial charge in [0.1, 0.15) is 5.75 Å². The minimum atomic E-state index is -0.332. The van der Waals surface area contributed by atoms with E-state index in [-0.39, 0.29) is 5.92 Å². The average Bonchev–Trinajstić information content (AvgIpc) is 2.46. The van der Waals surface area contributed by atoms with Gasteiger partial charge in [-0.25, -0.2) is 0 Å². The number of allylic oxidation sites excluding steroid dienone is 4. The van der Waals surface area contributed by atoms with Crippen LogP contribution in [0.5, 0.6) is 5.75 Å². The van der Waals surface area contributed by atoms with E-state index in [0.717, 1.165) is 17.0 Å². The molecule has 0 fully saturated rings. The molecule has 4 heteroatoms. The lowest BCUT2D eigenvalue weighted by Crippen LogP contribution is -2.23. The summed E-state index contributed by atoms with van der Waals surface area (Å²) < 4.78 is 5.22. The fraction of sp³-hybridized carbons (Fsp3) is 0.250. The molecule has 1 N–H and O–H groups in total. The van der Waals surface area contributed by atoms with E-state index in [2.05, 4.69) is 17.5 Å². The van der Waals surface area contributed by atoms with Gasteiger partial charge in [0.05, 0.1) is 36.3 Å². The van der Waals surface area contributed by atoms with Gasteiger partial charge in [-0.3, -0.25) is 0 Å². The van der Waals surface area contributed by atoms with Crippen molar-refractivity contribution in [2.45, 2.75) is 19.8 Å². The fourth-order valence-electron chi connectivity index (χ4n) is 2.44. The van der Waals surface area contributed by atoms with Gasteiger partial charge in [-0.15, -0.1) is 0 Å². The molecular formula is C16H15N3O. The summed E-state index contributed by atoms with van der Waals surface area (Å²) in [5, 5.41) is 21.9. The number of ether oxygens (including phenoxy) is 1. The smallest absolute Gasteiger partial charge is 0.119 e. The molecule has 1 aliphatic heterocycles. The molecule has 0 aliphatic carbocycles. The highest BCUT2D eigenvalue weighted by molar-refractivity contribution is 5.55. The van der Waals surface area contributed by atoms with Crippen LogP contribution in [0.3, 0.4) is 0 Å². The van der Waals surface area contributed by atoms with E-state index >= 15 is 0 Å². The molecule has 1 aromatic carbocycles. The van der Waals surface area contributed by atoms with Crippen LogP contribution in [0.15, 0.2) is 46.8 Å². The summed E-state index contributed by atoms with van der Waals surface area (Å²) in [4.78, 5) is 0. The zero-order chi connectivity index (χ0) is 14.7.